The summed E-state index contributed by atoms with van der Waals surface area (Å²) in [6.45, 7) is 6.03. The topological polar surface area (TPSA) is 52.6 Å². The monoisotopic (exact) mass is 334 g/mol. The van der Waals surface area contributed by atoms with Crippen LogP contribution in [0, 0.1) is 5.92 Å². The standard InChI is InChI=1S/C20H30O4/c1-4-6-7-8-9-15-19(21)23-17-13-10-11-14-18(17)24-20(22)16(3)12-5-2/h10-11,13-14,16H,4-9,12,15H2,1-3H3. The largest absolute Gasteiger partial charge is 0.423 e. The molecule has 1 atom stereocenters. The molecule has 0 fully saturated rings. The van der Waals surface area contributed by atoms with E-state index in [-0.39, 0.29) is 17.9 Å². The van der Waals surface area contributed by atoms with E-state index in [0.717, 1.165) is 32.1 Å². The van der Waals surface area contributed by atoms with Crippen molar-refractivity contribution in [1.82, 2.24) is 0 Å². The number of unbranched alkanes of at least 4 members (excludes halogenated alkanes) is 4. The second-order valence-electron chi connectivity index (χ2n) is 6.20. The van der Waals surface area contributed by atoms with E-state index in [1.807, 2.05) is 13.8 Å². The van der Waals surface area contributed by atoms with Crippen LogP contribution in [0.15, 0.2) is 24.3 Å². The minimum absolute atomic E-state index is 0.169. The zero-order valence-electron chi connectivity index (χ0n) is 15.2. The average Bonchev–Trinajstić information content (AvgIpc) is 2.56. The first-order chi connectivity index (χ1) is 11.6. The molecule has 134 valence electrons. The van der Waals surface area contributed by atoms with Crippen LogP contribution in [0.2, 0.25) is 0 Å². The lowest BCUT2D eigenvalue weighted by molar-refractivity contribution is -0.140. The number of hydrogen-bond donors (Lipinski definition) is 0. The molecule has 0 aliphatic rings. The molecule has 0 saturated heterocycles. The predicted octanol–water partition coefficient (Wildman–Crippen LogP) is 5.29. The number of hydrogen-bond acceptors (Lipinski definition) is 4. The van der Waals surface area contributed by atoms with Gasteiger partial charge in [-0.25, -0.2) is 0 Å². The fourth-order valence-electron chi connectivity index (χ4n) is 2.43. The summed E-state index contributed by atoms with van der Waals surface area (Å²) in [5.41, 5.74) is 0. The van der Waals surface area contributed by atoms with E-state index >= 15 is 0 Å². The second kappa shape index (κ2) is 11.7. The quantitative estimate of drug-likeness (QED) is 0.313. The van der Waals surface area contributed by atoms with Gasteiger partial charge in [0, 0.05) is 6.42 Å². The lowest BCUT2D eigenvalue weighted by atomic mass is 10.1. The minimum atomic E-state index is -0.292. The van der Waals surface area contributed by atoms with E-state index in [1.165, 1.54) is 12.8 Å². The minimum Gasteiger partial charge on any atom is -0.423 e. The third-order valence-corrected chi connectivity index (χ3v) is 3.89. The van der Waals surface area contributed by atoms with Gasteiger partial charge in [-0.1, -0.05) is 65.0 Å². The van der Waals surface area contributed by atoms with E-state index in [0.29, 0.717) is 17.9 Å². The zero-order valence-corrected chi connectivity index (χ0v) is 15.2. The molecular weight excluding hydrogens is 304 g/mol. The molecule has 0 saturated carbocycles. The fourth-order valence-corrected chi connectivity index (χ4v) is 2.43. The number of benzene rings is 1. The van der Waals surface area contributed by atoms with Crippen LogP contribution in [0.25, 0.3) is 0 Å². The molecule has 4 nitrogen and oxygen atoms in total. The van der Waals surface area contributed by atoms with Crippen molar-refractivity contribution in [2.24, 2.45) is 5.92 Å². The van der Waals surface area contributed by atoms with Crippen LogP contribution < -0.4 is 9.47 Å². The van der Waals surface area contributed by atoms with E-state index in [2.05, 4.69) is 6.92 Å². The zero-order chi connectivity index (χ0) is 17.8. The number of carbonyl (C=O) groups excluding carboxylic acids is 2. The van der Waals surface area contributed by atoms with Crippen LogP contribution in [-0.4, -0.2) is 11.9 Å². The Labute approximate surface area is 145 Å². The Morgan fingerprint density at radius 2 is 1.54 bits per heavy atom. The van der Waals surface area contributed by atoms with Crippen molar-refractivity contribution in [1.29, 1.82) is 0 Å². The molecule has 1 aromatic carbocycles. The molecule has 0 heterocycles. The van der Waals surface area contributed by atoms with E-state index in [1.54, 1.807) is 24.3 Å². The molecule has 4 heteroatoms. The summed E-state index contributed by atoms with van der Waals surface area (Å²) in [5, 5.41) is 0. The van der Waals surface area contributed by atoms with Gasteiger partial charge in [0.15, 0.2) is 11.5 Å². The van der Waals surface area contributed by atoms with Crippen LogP contribution in [-0.2, 0) is 9.59 Å². The van der Waals surface area contributed by atoms with Gasteiger partial charge in [0.25, 0.3) is 0 Å². The van der Waals surface area contributed by atoms with Crippen molar-refractivity contribution in [3.63, 3.8) is 0 Å². The Morgan fingerprint density at radius 3 is 2.17 bits per heavy atom. The molecule has 0 spiro atoms. The van der Waals surface area contributed by atoms with Gasteiger partial charge in [0.05, 0.1) is 5.92 Å². The lowest BCUT2D eigenvalue weighted by Crippen LogP contribution is -2.18. The molecule has 1 aromatic rings. The predicted molar refractivity (Wildman–Crippen MR) is 95.2 cm³/mol. The molecule has 0 amide bonds. The van der Waals surface area contributed by atoms with E-state index < -0.39 is 0 Å². The van der Waals surface area contributed by atoms with Gasteiger partial charge in [-0.15, -0.1) is 0 Å². The van der Waals surface area contributed by atoms with Crippen molar-refractivity contribution in [3.8, 4) is 11.5 Å². The average molecular weight is 334 g/mol. The molecular formula is C20H30O4. The first kappa shape index (κ1) is 20.2. The molecule has 0 aliphatic heterocycles. The van der Waals surface area contributed by atoms with Crippen LogP contribution in [0.1, 0.15) is 72.1 Å². The highest BCUT2D eigenvalue weighted by Crippen LogP contribution is 2.28. The Morgan fingerprint density at radius 1 is 0.917 bits per heavy atom. The van der Waals surface area contributed by atoms with Gasteiger partial charge < -0.3 is 9.47 Å². The summed E-state index contributed by atoms with van der Waals surface area (Å²) in [6.07, 6.45) is 7.47. The van der Waals surface area contributed by atoms with Gasteiger partial charge in [-0.05, 0) is 25.0 Å². The third-order valence-electron chi connectivity index (χ3n) is 3.89. The van der Waals surface area contributed by atoms with Crippen LogP contribution in [0.3, 0.4) is 0 Å². The van der Waals surface area contributed by atoms with Gasteiger partial charge in [-0.2, -0.15) is 0 Å². The summed E-state index contributed by atoms with van der Waals surface area (Å²) < 4.78 is 10.8. The van der Waals surface area contributed by atoms with Crippen molar-refractivity contribution < 1.29 is 19.1 Å². The van der Waals surface area contributed by atoms with Gasteiger partial charge in [0.2, 0.25) is 0 Å². The van der Waals surface area contributed by atoms with Gasteiger partial charge in [0.1, 0.15) is 0 Å². The maximum Gasteiger partial charge on any atom is 0.314 e. The Balaban J connectivity index is 2.53. The Hall–Kier alpha value is -1.84. The second-order valence-corrected chi connectivity index (χ2v) is 6.20. The molecule has 0 aliphatic carbocycles. The summed E-state index contributed by atoms with van der Waals surface area (Å²) in [7, 11) is 0. The Kier molecular flexibility index (Phi) is 9.81. The summed E-state index contributed by atoms with van der Waals surface area (Å²) >= 11 is 0. The normalized spacial score (nSPS) is 11.8. The highest BCUT2D eigenvalue weighted by atomic mass is 16.6. The Bertz CT molecular complexity index is 510. The van der Waals surface area contributed by atoms with Crippen LogP contribution in [0.5, 0.6) is 11.5 Å². The molecule has 0 N–H and O–H groups in total. The van der Waals surface area contributed by atoms with Crippen molar-refractivity contribution in [2.75, 3.05) is 0 Å². The molecule has 1 rings (SSSR count). The SMILES string of the molecule is CCCCCCCC(=O)Oc1ccccc1OC(=O)C(C)CCC. The third kappa shape index (κ3) is 7.62. The smallest absolute Gasteiger partial charge is 0.314 e. The molecule has 0 aromatic heterocycles. The van der Waals surface area contributed by atoms with Crippen molar-refractivity contribution >= 4 is 11.9 Å². The highest BCUT2D eigenvalue weighted by molar-refractivity contribution is 5.77. The summed E-state index contributed by atoms with van der Waals surface area (Å²) in [6, 6.07) is 6.83. The molecule has 0 radical (unpaired) electrons. The van der Waals surface area contributed by atoms with Crippen molar-refractivity contribution in [3.05, 3.63) is 24.3 Å². The molecule has 1 unspecified atom stereocenters. The summed E-state index contributed by atoms with van der Waals surface area (Å²) in [4.78, 5) is 24.0. The van der Waals surface area contributed by atoms with Gasteiger partial charge in [-0.3, -0.25) is 9.59 Å². The number of carbonyl (C=O) groups is 2. The first-order valence-corrected chi connectivity index (χ1v) is 9.09. The maximum absolute atomic E-state index is 12.1. The number of para-hydroxylation sites is 2. The van der Waals surface area contributed by atoms with E-state index in [9.17, 15) is 9.59 Å². The first-order valence-electron chi connectivity index (χ1n) is 9.09. The fraction of sp³-hybridized carbons (Fsp3) is 0.600. The van der Waals surface area contributed by atoms with Crippen LogP contribution in [0.4, 0.5) is 0 Å². The highest BCUT2D eigenvalue weighted by Gasteiger charge is 2.17. The number of esters is 2. The lowest BCUT2D eigenvalue weighted by Gasteiger charge is -2.13. The number of ether oxygens (including phenoxy) is 2. The molecule has 0 bridgehead atoms. The van der Waals surface area contributed by atoms with Crippen LogP contribution >= 0.6 is 0 Å². The summed E-state index contributed by atoms with van der Waals surface area (Å²) in [5.74, 6) is -0.119. The molecule has 24 heavy (non-hydrogen) atoms. The maximum atomic E-state index is 12.1. The van der Waals surface area contributed by atoms with Gasteiger partial charge >= 0.3 is 11.9 Å². The van der Waals surface area contributed by atoms with E-state index in [4.69, 9.17) is 9.47 Å². The number of rotatable bonds is 11. The van der Waals surface area contributed by atoms with Crippen molar-refractivity contribution in [2.45, 2.75) is 72.1 Å².